The molecule has 0 aliphatic rings. The molecule has 2 rings (SSSR count). The summed E-state index contributed by atoms with van der Waals surface area (Å²) in [5, 5.41) is 0. The van der Waals surface area contributed by atoms with E-state index in [9.17, 15) is 0 Å². The van der Waals surface area contributed by atoms with Gasteiger partial charge in [-0.05, 0) is 44.5 Å². The van der Waals surface area contributed by atoms with Gasteiger partial charge in [-0.15, -0.1) is 0 Å². The molecule has 106 valence electrons. The number of methoxy groups -OCH3 is 1. The molecule has 0 bridgehead atoms. The van der Waals surface area contributed by atoms with Gasteiger partial charge in [-0.25, -0.2) is 0 Å². The van der Waals surface area contributed by atoms with E-state index in [-0.39, 0.29) is 6.04 Å². The number of benzene rings is 2. The van der Waals surface area contributed by atoms with Crippen LogP contribution in [-0.2, 0) is 0 Å². The van der Waals surface area contributed by atoms with Crippen LogP contribution in [0.5, 0.6) is 5.75 Å². The highest BCUT2D eigenvalue weighted by Crippen LogP contribution is 2.38. The highest BCUT2D eigenvalue weighted by molar-refractivity contribution is 7.99. The molecule has 1 atom stereocenters. The van der Waals surface area contributed by atoms with Crippen molar-refractivity contribution in [1.29, 1.82) is 0 Å². The summed E-state index contributed by atoms with van der Waals surface area (Å²) in [4.78, 5) is 2.41. The van der Waals surface area contributed by atoms with Crippen LogP contribution in [0.2, 0.25) is 0 Å². The lowest BCUT2D eigenvalue weighted by Gasteiger charge is -2.17. The maximum absolute atomic E-state index is 6.11. The first-order valence-corrected chi connectivity index (χ1v) is 7.52. The first-order valence-electron chi connectivity index (χ1n) is 6.70. The molecule has 20 heavy (non-hydrogen) atoms. The third-order valence-corrected chi connectivity index (χ3v) is 4.51. The highest BCUT2D eigenvalue weighted by atomic mass is 32.2. The van der Waals surface area contributed by atoms with Crippen LogP contribution in [0.4, 0.5) is 0 Å². The maximum atomic E-state index is 6.11. The summed E-state index contributed by atoms with van der Waals surface area (Å²) in [5.74, 6) is 0.856. The Morgan fingerprint density at radius 1 is 1.10 bits per heavy atom. The van der Waals surface area contributed by atoms with Crippen LogP contribution in [0.25, 0.3) is 0 Å². The first-order chi connectivity index (χ1) is 9.52. The predicted octanol–water partition coefficient (Wildman–Crippen LogP) is 4.48. The third kappa shape index (κ3) is 3.17. The molecule has 0 amide bonds. The molecule has 0 heterocycles. The lowest BCUT2D eigenvalue weighted by Crippen LogP contribution is -2.08. The Balaban J connectivity index is 2.43. The summed E-state index contributed by atoms with van der Waals surface area (Å²) >= 11 is 1.75. The summed E-state index contributed by atoms with van der Waals surface area (Å²) in [5.41, 5.74) is 9.75. The summed E-state index contributed by atoms with van der Waals surface area (Å²) < 4.78 is 5.44. The Labute approximate surface area is 125 Å². The third-order valence-electron chi connectivity index (χ3n) is 3.25. The van der Waals surface area contributed by atoms with Gasteiger partial charge in [0, 0.05) is 21.4 Å². The molecular weight excluding hydrogens is 266 g/mol. The van der Waals surface area contributed by atoms with E-state index in [0.717, 1.165) is 16.2 Å². The minimum atomic E-state index is -0.0561. The van der Waals surface area contributed by atoms with E-state index in [4.69, 9.17) is 10.5 Å². The zero-order chi connectivity index (χ0) is 14.7. The molecule has 0 radical (unpaired) electrons. The molecule has 0 spiro atoms. The summed E-state index contributed by atoms with van der Waals surface area (Å²) in [6, 6.07) is 12.5. The molecule has 0 aliphatic carbocycles. The van der Waals surface area contributed by atoms with Crippen molar-refractivity contribution in [3.63, 3.8) is 0 Å². The fourth-order valence-corrected chi connectivity index (χ4v) is 3.41. The zero-order valence-corrected chi connectivity index (χ0v) is 13.3. The van der Waals surface area contributed by atoms with Gasteiger partial charge in [0.1, 0.15) is 5.75 Å². The molecule has 2 aromatic carbocycles. The second-order valence-corrected chi connectivity index (χ2v) is 6.12. The quantitative estimate of drug-likeness (QED) is 0.900. The van der Waals surface area contributed by atoms with Gasteiger partial charge < -0.3 is 10.5 Å². The molecule has 0 saturated carbocycles. The van der Waals surface area contributed by atoms with Crippen molar-refractivity contribution >= 4 is 11.8 Å². The number of aryl methyl sites for hydroxylation is 2. The van der Waals surface area contributed by atoms with E-state index in [1.165, 1.54) is 16.0 Å². The fourth-order valence-electron chi connectivity index (χ4n) is 2.27. The summed E-state index contributed by atoms with van der Waals surface area (Å²) in [7, 11) is 1.69. The van der Waals surface area contributed by atoms with Gasteiger partial charge in [-0.1, -0.05) is 35.5 Å². The fraction of sp³-hybridized carbons (Fsp3) is 0.294. The Morgan fingerprint density at radius 2 is 1.85 bits per heavy atom. The van der Waals surface area contributed by atoms with Crippen LogP contribution in [0.3, 0.4) is 0 Å². The van der Waals surface area contributed by atoms with Crippen LogP contribution >= 0.6 is 11.8 Å². The molecule has 0 aromatic heterocycles. The van der Waals surface area contributed by atoms with Crippen molar-refractivity contribution in [2.45, 2.75) is 36.6 Å². The molecule has 2 N–H and O–H groups in total. The van der Waals surface area contributed by atoms with Gasteiger partial charge in [0.25, 0.3) is 0 Å². The van der Waals surface area contributed by atoms with E-state index in [0.29, 0.717) is 0 Å². The van der Waals surface area contributed by atoms with Gasteiger partial charge in [0.2, 0.25) is 0 Å². The zero-order valence-electron chi connectivity index (χ0n) is 12.4. The molecule has 1 unspecified atom stereocenters. The number of hydrogen-bond acceptors (Lipinski definition) is 3. The van der Waals surface area contributed by atoms with Crippen molar-refractivity contribution in [3.8, 4) is 5.75 Å². The van der Waals surface area contributed by atoms with E-state index in [1.807, 2.05) is 19.1 Å². The molecule has 2 aromatic rings. The number of ether oxygens (including phenoxy) is 1. The molecule has 3 heteroatoms. The average Bonchev–Trinajstić information content (AvgIpc) is 2.41. The minimum absolute atomic E-state index is 0.0561. The Hall–Kier alpha value is -1.45. The Bertz CT molecular complexity index is 608. The lowest BCUT2D eigenvalue weighted by atomic mass is 10.1. The van der Waals surface area contributed by atoms with Crippen molar-refractivity contribution in [3.05, 3.63) is 53.1 Å². The summed E-state index contributed by atoms with van der Waals surface area (Å²) in [6.45, 7) is 6.24. The van der Waals surface area contributed by atoms with Crippen molar-refractivity contribution in [1.82, 2.24) is 0 Å². The Morgan fingerprint density at radius 3 is 2.45 bits per heavy atom. The lowest BCUT2D eigenvalue weighted by molar-refractivity contribution is 0.405. The van der Waals surface area contributed by atoms with Gasteiger partial charge in [0.15, 0.2) is 0 Å². The largest absolute Gasteiger partial charge is 0.496 e. The molecule has 2 nitrogen and oxygen atoms in total. The molecule has 0 aliphatic heterocycles. The van der Waals surface area contributed by atoms with E-state index < -0.39 is 0 Å². The van der Waals surface area contributed by atoms with E-state index in [2.05, 4.69) is 38.1 Å². The van der Waals surface area contributed by atoms with Crippen LogP contribution in [0, 0.1) is 13.8 Å². The van der Waals surface area contributed by atoms with Gasteiger partial charge >= 0.3 is 0 Å². The van der Waals surface area contributed by atoms with E-state index >= 15 is 0 Å². The minimum Gasteiger partial charge on any atom is -0.496 e. The van der Waals surface area contributed by atoms with E-state index in [1.54, 1.807) is 18.9 Å². The van der Waals surface area contributed by atoms with Crippen molar-refractivity contribution in [2.24, 2.45) is 5.73 Å². The van der Waals surface area contributed by atoms with Crippen LogP contribution in [0.1, 0.15) is 29.7 Å². The average molecular weight is 287 g/mol. The Kier molecular flexibility index (Phi) is 4.73. The maximum Gasteiger partial charge on any atom is 0.124 e. The van der Waals surface area contributed by atoms with Crippen LogP contribution < -0.4 is 10.5 Å². The smallest absolute Gasteiger partial charge is 0.124 e. The van der Waals surface area contributed by atoms with Crippen molar-refractivity contribution < 1.29 is 4.74 Å². The molecular formula is C17H21NOS. The topological polar surface area (TPSA) is 35.2 Å². The first kappa shape index (κ1) is 14.9. The van der Waals surface area contributed by atoms with Gasteiger partial charge in [0.05, 0.1) is 7.11 Å². The normalized spacial score (nSPS) is 12.2. The molecule has 0 fully saturated rings. The SMILES string of the molecule is COc1cccc(Sc2ccc(C)cc2C)c1C(C)N. The van der Waals surface area contributed by atoms with Gasteiger partial charge in [-0.3, -0.25) is 0 Å². The standard InChI is InChI=1S/C17H21NOS/c1-11-8-9-15(12(2)10-11)20-16-7-5-6-14(19-4)17(16)13(3)18/h5-10,13H,18H2,1-4H3. The second-order valence-electron chi connectivity index (χ2n) is 5.03. The highest BCUT2D eigenvalue weighted by Gasteiger charge is 2.14. The number of nitrogens with two attached hydrogens (primary N) is 1. The monoisotopic (exact) mass is 287 g/mol. The van der Waals surface area contributed by atoms with Gasteiger partial charge in [-0.2, -0.15) is 0 Å². The number of hydrogen-bond donors (Lipinski definition) is 1. The summed E-state index contributed by atoms with van der Waals surface area (Å²) in [6.07, 6.45) is 0. The predicted molar refractivity (Wildman–Crippen MR) is 85.6 cm³/mol. The second kappa shape index (κ2) is 6.33. The van der Waals surface area contributed by atoms with Crippen LogP contribution in [0.15, 0.2) is 46.2 Å². The number of rotatable bonds is 4. The molecule has 0 saturated heterocycles. The van der Waals surface area contributed by atoms with Crippen LogP contribution in [-0.4, -0.2) is 7.11 Å². The van der Waals surface area contributed by atoms with Crippen molar-refractivity contribution in [2.75, 3.05) is 7.11 Å².